The maximum absolute atomic E-state index is 9.61. The first-order valence-corrected chi connectivity index (χ1v) is 7.24. The Labute approximate surface area is 111 Å². The van der Waals surface area contributed by atoms with Gasteiger partial charge in [0, 0.05) is 0 Å². The van der Waals surface area contributed by atoms with Crippen molar-refractivity contribution in [1.82, 2.24) is 0 Å². The van der Waals surface area contributed by atoms with Gasteiger partial charge >= 0.3 is 0 Å². The molecule has 0 saturated heterocycles. The van der Waals surface area contributed by atoms with Crippen LogP contribution in [0.4, 0.5) is 0 Å². The summed E-state index contributed by atoms with van der Waals surface area (Å²) in [6.45, 7) is 6.64. The average molecular weight is 246 g/mol. The highest BCUT2D eigenvalue weighted by Gasteiger charge is 2.28. The molecule has 1 unspecified atom stereocenters. The Hall–Kier alpha value is -0.820. The van der Waals surface area contributed by atoms with E-state index < -0.39 is 0 Å². The van der Waals surface area contributed by atoms with Crippen molar-refractivity contribution in [2.45, 2.75) is 64.9 Å². The molecule has 0 aromatic heterocycles. The topological polar surface area (TPSA) is 20.2 Å². The molecule has 1 aliphatic carbocycles. The van der Waals surface area contributed by atoms with Gasteiger partial charge in [-0.25, -0.2) is 0 Å². The van der Waals surface area contributed by atoms with Crippen LogP contribution >= 0.6 is 0 Å². The SMILES string of the molecule is CC(O)Cc1ccccc1C1CCC(C)(C)CC1. The molecule has 1 nitrogen and oxygen atoms in total. The van der Waals surface area contributed by atoms with E-state index in [2.05, 4.69) is 38.1 Å². The minimum atomic E-state index is -0.244. The van der Waals surface area contributed by atoms with Crippen molar-refractivity contribution in [3.05, 3.63) is 35.4 Å². The van der Waals surface area contributed by atoms with Gasteiger partial charge in [-0.1, -0.05) is 38.1 Å². The number of aliphatic hydroxyl groups is 1. The molecule has 0 bridgehead atoms. The molecule has 0 heterocycles. The summed E-state index contributed by atoms with van der Waals surface area (Å²) < 4.78 is 0. The second-order valence-corrected chi connectivity index (χ2v) is 6.69. The molecule has 1 aromatic rings. The second-order valence-electron chi connectivity index (χ2n) is 6.69. The molecule has 0 aliphatic heterocycles. The first-order chi connectivity index (χ1) is 8.48. The molecule has 1 saturated carbocycles. The Bertz CT molecular complexity index is 382. The van der Waals surface area contributed by atoms with Crippen LogP contribution in [-0.4, -0.2) is 11.2 Å². The van der Waals surface area contributed by atoms with Gasteiger partial charge in [0.2, 0.25) is 0 Å². The largest absolute Gasteiger partial charge is 0.393 e. The van der Waals surface area contributed by atoms with E-state index in [4.69, 9.17) is 0 Å². The van der Waals surface area contributed by atoms with Crippen molar-refractivity contribution >= 4 is 0 Å². The van der Waals surface area contributed by atoms with Gasteiger partial charge in [-0.15, -0.1) is 0 Å². The first kappa shape index (κ1) is 13.6. The van der Waals surface area contributed by atoms with Gasteiger partial charge in [-0.3, -0.25) is 0 Å². The molecule has 0 amide bonds. The van der Waals surface area contributed by atoms with Crippen LogP contribution in [0.1, 0.15) is 63.5 Å². The quantitative estimate of drug-likeness (QED) is 0.843. The molecular weight excluding hydrogens is 220 g/mol. The van der Waals surface area contributed by atoms with Crippen molar-refractivity contribution in [3.8, 4) is 0 Å². The minimum absolute atomic E-state index is 0.244. The van der Waals surface area contributed by atoms with E-state index in [1.165, 1.54) is 36.8 Å². The molecule has 1 aromatic carbocycles. The Kier molecular flexibility index (Phi) is 4.11. The van der Waals surface area contributed by atoms with E-state index >= 15 is 0 Å². The van der Waals surface area contributed by atoms with Crippen LogP contribution in [0.2, 0.25) is 0 Å². The lowest BCUT2D eigenvalue weighted by Gasteiger charge is -2.35. The molecule has 1 N–H and O–H groups in total. The van der Waals surface area contributed by atoms with Gasteiger partial charge in [-0.05, 0) is 61.5 Å². The molecule has 1 fully saturated rings. The Morgan fingerprint density at radius 3 is 2.44 bits per heavy atom. The zero-order valence-electron chi connectivity index (χ0n) is 11.9. The van der Waals surface area contributed by atoms with Crippen molar-refractivity contribution in [2.24, 2.45) is 5.41 Å². The van der Waals surface area contributed by atoms with E-state index in [0.29, 0.717) is 11.3 Å². The van der Waals surface area contributed by atoms with Crippen LogP contribution in [0.5, 0.6) is 0 Å². The molecule has 1 aliphatic rings. The molecule has 0 spiro atoms. The monoisotopic (exact) mass is 246 g/mol. The highest BCUT2D eigenvalue weighted by molar-refractivity contribution is 5.31. The summed E-state index contributed by atoms with van der Waals surface area (Å²) in [5.74, 6) is 0.702. The maximum atomic E-state index is 9.61. The first-order valence-electron chi connectivity index (χ1n) is 7.24. The fraction of sp³-hybridized carbons (Fsp3) is 0.647. The van der Waals surface area contributed by atoms with Crippen molar-refractivity contribution < 1.29 is 5.11 Å². The number of aliphatic hydroxyl groups excluding tert-OH is 1. The molecule has 18 heavy (non-hydrogen) atoms. The zero-order chi connectivity index (χ0) is 13.2. The fourth-order valence-electron chi connectivity index (χ4n) is 3.15. The number of rotatable bonds is 3. The average Bonchev–Trinajstić information content (AvgIpc) is 2.29. The molecule has 2 rings (SSSR count). The van der Waals surface area contributed by atoms with Gasteiger partial charge in [-0.2, -0.15) is 0 Å². The van der Waals surface area contributed by atoms with E-state index in [1.807, 2.05) is 6.92 Å². The smallest absolute Gasteiger partial charge is 0.0552 e. The van der Waals surface area contributed by atoms with Gasteiger partial charge in [0.1, 0.15) is 0 Å². The van der Waals surface area contributed by atoms with Crippen LogP contribution in [0.25, 0.3) is 0 Å². The van der Waals surface area contributed by atoms with Gasteiger partial charge in [0.05, 0.1) is 6.10 Å². The lowest BCUT2D eigenvalue weighted by molar-refractivity contribution is 0.193. The van der Waals surface area contributed by atoms with Gasteiger partial charge in [0.25, 0.3) is 0 Å². The van der Waals surface area contributed by atoms with Crippen LogP contribution in [0.3, 0.4) is 0 Å². The van der Waals surface area contributed by atoms with Crippen LogP contribution in [0, 0.1) is 5.41 Å². The number of hydrogen-bond acceptors (Lipinski definition) is 1. The summed E-state index contributed by atoms with van der Waals surface area (Å²) in [5.41, 5.74) is 3.35. The Morgan fingerprint density at radius 2 is 1.83 bits per heavy atom. The standard InChI is InChI=1S/C17H26O/c1-13(18)12-15-6-4-5-7-16(15)14-8-10-17(2,3)11-9-14/h4-7,13-14,18H,8-12H2,1-3H3. The predicted molar refractivity (Wildman–Crippen MR) is 76.8 cm³/mol. The lowest BCUT2D eigenvalue weighted by atomic mass is 9.70. The molecule has 100 valence electrons. The summed E-state index contributed by atoms with van der Waals surface area (Å²) in [6, 6.07) is 8.68. The summed E-state index contributed by atoms with van der Waals surface area (Å²) in [5, 5.41) is 9.61. The zero-order valence-corrected chi connectivity index (χ0v) is 11.9. The summed E-state index contributed by atoms with van der Waals surface area (Å²) in [6.07, 6.45) is 5.77. The van der Waals surface area contributed by atoms with Crippen LogP contribution in [-0.2, 0) is 6.42 Å². The lowest BCUT2D eigenvalue weighted by Crippen LogP contribution is -2.21. The highest BCUT2D eigenvalue weighted by Crippen LogP contribution is 2.43. The van der Waals surface area contributed by atoms with Crippen LogP contribution < -0.4 is 0 Å². The van der Waals surface area contributed by atoms with Crippen molar-refractivity contribution in [1.29, 1.82) is 0 Å². The number of benzene rings is 1. The summed E-state index contributed by atoms with van der Waals surface area (Å²) >= 11 is 0. The van der Waals surface area contributed by atoms with E-state index in [1.54, 1.807) is 0 Å². The summed E-state index contributed by atoms with van der Waals surface area (Å²) in [4.78, 5) is 0. The van der Waals surface area contributed by atoms with E-state index in [-0.39, 0.29) is 6.10 Å². The maximum Gasteiger partial charge on any atom is 0.0552 e. The van der Waals surface area contributed by atoms with Gasteiger partial charge in [0.15, 0.2) is 0 Å². The predicted octanol–water partition coefficient (Wildman–Crippen LogP) is 4.29. The fourth-order valence-corrected chi connectivity index (χ4v) is 3.15. The third-order valence-corrected chi connectivity index (χ3v) is 4.35. The van der Waals surface area contributed by atoms with E-state index in [0.717, 1.165) is 6.42 Å². The Balaban J connectivity index is 2.13. The summed E-state index contributed by atoms with van der Waals surface area (Å²) in [7, 11) is 0. The molecule has 1 heteroatoms. The normalized spacial score (nSPS) is 21.8. The molecule has 1 atom stereocenters. The third-order valence-electron chi connectivity index (χ3n) is 4.35. The Morgan fingerprint density at radius 1 is 1.22 bits per heavy atom. The van der Waals surface area contributed by atoms with Crippen LogP contribution in [0.15, 0.2) is 24.3 Å². The van der Waals surface area contributed by atoms with Crippen molar-refractivity contribution in [3.63, 3.8) is 0 Å². The second kappa shape index (κ2) is 5.44. The molecule has 0 radical (unpaired) electrons. The minimum Gasteiger partial charge on any atom is -0.393 e. The molecular formula is C17H26O. The number of hydrogen-bond donors (Lipinski definition) is 1. The highest BCUT2D eigenvalue weighted by atomic mass is 16.3. The third kappa shape index (κ3) is 3.35. The van der Waals surface area contributed by atoms with E-state index in [9.17, 15) is 5.11 Å². The van der Waals surface area contributed by atoms with Crippen molar-refractivity contribution in [2.75, 3.05) is 0 Å². The van der Waals surface area contributed by atoms with Gasteiger partial charge < -0.3 is 5.11 Å².